The molecule has 1 fully saturated rings. The number of nitrogens with one attached hydrogen (secondary N) is 1. The van der Waals surface area contributed by atoms with Crippen LogP contribution in [0, 0.1) is 0 Å². The van der Waals surface area contributed by atoms with Crippen LogP contribution in [0.15, 0.2) is 53.1 Å². The summed E-state index contributed by atoms with van der Waals surface area (Å²) in [6, 6.07) is 12.3. The maximum absolute atomic E-state index is 12.1. The highest BCUT2D eigenvalue weighted by atomic mass is 16.5. The molecule has 4 rings (SSSR count). The lowest BCUT2D eigenvalue weighted by molar-refractivity contribution is -0.146. The van der Waals surface area contributed by atoms with Gasteiger partial charge >= 0.3 is 5.97 Å². The molecule has 2 aromatic carbocycles. The van der Waals surface area contributed by atoms with Crippen molar-refractivity contribution in [2.24, 2.45) is 0 Å². The molecule has 1 saturated heterocycles. The van der Waals surface area contributed by atoms with Gasteiger partial charge in [0.15, 0.2) is 6.61 Å². The summed E-state index contributed by atoms with van der Waals surface area (Å²) in [6.45, 7) is 1.77. The molecule has 0 atom stereocenters. The van der Waals surface area contributed by atoms with Crippen molar-refractivity contribution in [2.75, 3.05) is 29.9 Å². The molecule has 0 bridgehead atoms. The number of anilines is 2. The second-order valence-electron chi connectivity index (χ2n) is 7.07. The number of aromatic hydroxyl groups is 1. The van der Waals surface area contributed by atoms with E-state index in [9.17, 15) is 14.7 Å². The quantitative estimate of drug-likeness (QED) is 0.622. The molecule has 1 amide bonds. The summed E-state index contributed by atoms with van der Waals surface area (Å²) in [5, 5.41) is 12.9. The van der Waals surface area contributed by atoms with Gasteiger partial charge < -0.3 is 24.5 Å². The first-order valence-electron chi connectivity index (χ1n) is 9.58. The predicted octanol–water partition coefficient (Wildman–Crippen LogP) is 3.46. The Morgan fingerprint density at radius 1 is 1.10 bits per heavy atom. The van der Waals surface area contributed by atoms with Crippen molar-refractivity contribution in [3.05, 3.63) is 54.3 Å². The van der Waals surface area contributed by atoms with Gasteiger partial charge in [-0.15, -0.1) is 0 Å². The maximum Gasteiger partial charge on any atom is 0.310 e. The average Bonchev–Trinajstić information content (AvgIpc) is 3.37. The SMILES string of the molecule is O=C(COC(=O)Cc1coc2cc(O)ccc12)Nc1ccc(N2CCCC2)cc1. The summed E-state index contributed by atoms with van der Waals surface area (Å²) in [5.41, 5.74) is 2.94. The van der Waals surface area contributed by atoms with Gasteiger partial charge in [0, 0.05) is 41.5 Å². The average molecular weight is 394 g/mol. The van der Waals surface area contributed by atoms with Gasteiger partial charge in [-0.1, -0.05) is 0 Å². The minimum absolute atomic E-state index is 0.0183. The number of phenols is 1. The van der Waals surface area contributed by atoms with Crippen LogP contribution in [0.25, 0.3) is 11.0 Å². The standard InChI is InChI=1S/C22H22N2O5/c25-18-7-8-19-15(13-28-20(19)12-18)11-22(27)29-14-21(26)23-16-3-5-17(6-4-16)24-9-1-2-10-24/h3-8,12-13,25H,1-2,9-11,14H2,(H,23,26). The van der Waals surface area contributed by atoms with Gasteiger partial charge in [-0.25, -0.2) is 0 Å². The van der Waals surface area contributed by atoms with E-state index in [0.29, 0.717) is 16.8 Å². The van der Waals surface area contributed by atoms with Crippen LogP contribution in [-0.4, -0.2) is 36.7 Å². The molecule has 0 saturated carbocycles. The number of esters is 1. The highest BCUT2D eigenvalue weighted by molar-refractivity contribution is 5.93. The summed E-state index contributed by atoms with van der Waals surface area (Å²) in [5.74, 6) is -0.833. The molecule has 1 aromatic heterocycles. The third kappa shape index (κ3) is 4.51. The van der Waals surface area contributed by atoms with E-state index in [2.05, 4.69) is 10.2 Å². The molecule has 0 spiro atoms. The number of hydrogen-bond donors (Lipinski definition) is 2. The van der Waals surface area contributed by atoms with Crippen LogP contribution in [0.2, 0.25) is 0 Å². The van der Waals surface area contributed by atoms with Gasteiger partial charge in [0.2, 0.25) is 0 Å². The molecule has 7 nitrogen and oxygen atoms in total. The van der Waals surface area contributed by atoms with Crippen LogP contribution in [0.3, 0.4) is 0 Å². The largest absolute Gasteiger partial charge is 0.508 e. The molecular formula is C22H22N2O5. The minimum atomic E-state index is -0.527. The summed E-state index contributed by atoms with van der Waals surface area (Å²) >= 11 is 0. The fraction of sp³-hybridized carbons (Fsp3) is 0.273. The Hall–Kier alpha value is -3.48. The number of fused-ring (bicyclic) bond motifs is 1. The number of rotatable bonds is 6. The monoisotopic (exact) mass is 394 g/mol. The number of carbonyl (C=O) groups excluding carboxylic acids is 2. The number of nitrogens with zero attached hydrogens (tertiary/aromatic N) is 1. The topological polar surface area (TPSA) is 92.0 Å². The van der Waals surface area contributed by atoms with E-state index >= 15 is 0 Å². The van der Waals surface area contributed by atoms with Gasteiger partial charge in [0.1, 0.15) is 11.3 Å². The van der Waals surface area contributed by atoms with Crippen molar-refractivity contribution in [3.63, 3.8) is 0 Å². The third-order valence-electron chi connectivity index (χ3n) is 4.96. The van der Waals surface area contributed by atoms with E-state index in [-0.39, 0.29) is 18.8 Å². The molecule has 1 aliphatic rings. The Kier molecular flexibility index (Phi) is 5.37. The number of phenolic OH excluding ortho intramolecular Hbond substituents is 1. The van der Waals surface area contributed by atoms with Crippen LogP contribution in [0.4, 0.5) is 11.4 Å². The summed E-state index contributed by atoms with van der Waals surface area (Å²) in [7, 11) is 0. The van der Waals surface area contributed by atoms with E-state index in [0.717, 1.165) is 24.2 Å². The van der Waals surface area contributed by atoms with Gasteiger partial charge in [0.05, 0.1) is 12.7 Å². The van der Waals surface area contributed by atoms with Crippen molar-refractivity contribution < 1.29 is 23.8 Å². The zero-order chi connectivity index (χ0) is 20.2. The summed E-state index contributed by atoms with van der Waals surface area (Å²) < 4.78 is 10.4. The Morgan fingerprint density at radius 3 is 2.62 bits per heavy atom. The van der Waals surface area contributed by atoms with Gasteiger partial charge in [0.25, 0.3) is 5.91 Å². The molecule has 0 radical (unpaired) electrons. The van der Waals surface area contributed by atoms with E-state index < -0.39 is 11.9 Å². The van der Waals surface area contributed by atoms with E-state index in [1.807, 2.05) is 24.3 Å². The Labute approximate surface area is 167 Å². The van der Waals surface area contributed by atoms with E-state index in [4.69, 9.17) is 9.15 Å². The number of carbonyl (C=O) groups is 2. The molecular weight excluding hydrogens is 372 g/mol. The van der Waals surface area contributed by atoms with Crippen LogP contribution in [0.5, 0.6) is 5.75 Å². The first kappa shape index (κ1) is 18.9. The number of ether oxygens (including phenoxy) is 1. The highest BCUT2D eigenvalue weighted by Gasteiger charge is 2.14. The second-order valence-corrected chi connectivity index (χ2v) is 7.07. The lowest BCUT2D eigenvalue weighted by Gasteiger charge is -2.17. The molecule has 7 heteroatoms. The molecule has 1 aliphatic heterocycles. The predicted molar refractivity (Wildman–Crippen MR) is 109 cm³/mol. The van der Waals surface area contributed by atoms with Crippen molar-refractivity contribution in [2.45, 2.75) is 19.3 Å². The number of benzene rings is 2. The van der Waals surface area contributed by atoms with Crippen molar-refractivity contribution in [1.82, 2.24) is 0 Å². The van der Waals surface area contributed by atoms with Gasteiger partial charge in [-0.05, 0) is 49.2 Å². The Morgan fingerprint density at radius 2 is 1.86 bits per heavy atom. The van der Waals surface area contributed by atoms with Crippen LogP contribution < -0.4 is 10.2 Å². The van der Waals surface area contributed by atoms with E-state index in [1.165, 1.54) is 31.2 Å². The lowest BCUT2D eigenvalue weighted by atomic mass is 10.1. The zero-order valence-electron chi connectivity index (χ0n) is 15.9. The van der Waals surface area contributed by atoms with Crippen LogP contribution >= 0.6 is 0 Å². The zero-order valence-corrected chi connectivity index (χ0v) is 15.9. The first-order valence-corrected chi connectivity index (χ1v) is 9.58. The number of furan rings is 1. The normalized spacial score (nSPS) is 13.6. The van der Waals surface area contributed by atoms with Crippen LogP contribution in [-0.2, 0) is 20.7 Å². The summed E-state index contributed by atoms with van der Waals surface area (Å²) in [4.78, 5) is 26.4. The lowest BCUT2D eigenvalue weighted by Crippen LogP contribution is -2.22. The van der Waals surface area contributed by atoms with Crippen LogP contribution in [0.1, 0.15) is 18.4 Å². The Bertz CT molecular complexity index is 1020. The molecule has 0 unspecified atom stereocenters. The van der Waals surface area contributed by atoms with Gasteiger partial charge in [-0.2, -0.15) is 0 Å². The van der Waals surface area contributed by atoms with E-state index in [1.54, 1.807) is 6.07 Å². The van der Waals surface area contributed by atoms with Crippen molar-refractivity contribution >= 4 is 34.2 Å². The van der Waals surface area contributed by atoms with Crippen molar-refractivity contribution in [3.8, 4) is 5.75 Å². The molecule has 2 N–H and O–H groups in total. The number of hydrogen-bond acceptors (Lipinski definition) is 6. The molecule has 150 valence electrons. The molecule has 2 heterocycles. The highest BCUT2D eigenvalue weighted by Crippen LogP contribution is 2.25. The molecule has 3 aromatic rings. The second kappa shape index (κ2) is 8.26. The van der Waals surface area contributed by atoms with Crippen molar-refractivity contribution in [1.29, 1.82) is 0 Å². The summed E-state index contributed by atoms with van der Waals surface area (Å²) in [6.07, 6.45) is 3.85. The molecule has 29 heavy (non-hydrogen) atoms. The third-order valence-corrected chi connectivity index (χ3v) is 4.96. The smallest absolute Gasteiger partial charge is 0.310 e. The fourth-order valence-corrected chi connectivity index (χ4v) is 3.49. The number of amides is 1. The fourth-order valence-electron chi connectivity index (χ4n) is 3.49. The Balaban J connectivity index is 1.27. The first-order chi connectivity index (χ1) is 14.1. The molecule has 0 aliphatic carbocycles. The maximum atomic E-state index is 12.1. The van der Waals surface area contributed by atoms with Gasteiger partial charge in [-0.3, -0.25) is 9.59 Å². The minimum Gasteiger partial charge on any atom is -0.508 e.